The van der Waals surface area contributed by atoms with Crippen molar-refractivity contribution in [1.29, 1.82) is 0 Å². The zero-order valence-corrected chi connectivity index (χ0v) is 9.70. The third-order valence-electron chi connectivity index (χ3n) is 2.92. The van der Waals surface area contributed by atoms with Gasteiger partial charge in [-0.15, -0.1) is 8.78 Å². The molecule has 17 heavy (non-hydrogen) atoms. The van der Waals surface area contributed by atoms with Gasteiger partial charge in [0.05, 0.1) is 25.4 Å². The van der Waals surface area contributed by atoms with Crippen molar-refractivity contribution in [2.75, 3.05) is 26.4 Å². The Balaban J connectivity index is 1.62. The van der Waals surface area contributed by atoms with Crippen LogP contribution < -0.4 is 0 Å². The van der Waals surface area contributed by atoms with Crippen LogP contribution in [0.3, 0.4) is 0 Å². The van der Waals surface area contributed by atoms with E-state index in [9.17, 15) is 8.78 Å². The van der Waals surface area contributed by atoms with E-state index in [1.165, 1.54) is 0 Å². The topological polar surface area (TPSA) is 36.9 Å². The predicted molar refractivity (Wildman–Crippen MR) is 54.8 cm³/mol. The van der Waals surface area contributed by atoms with Crippen molar-refractivity contribution in [1.82, 2.24) is 0 Å². The van der Waals surface area contributed by atoms with Crippen LogP contribution in [0.15, 0.2) is 0 Å². The molecule has 2 saturated heterocycles. The average Bonchev–Trinajstić information content (AvgIpc) is 2.97. The highest BCUT2D eigenvalue weighted by Crippen LogP contribution is 2.22. The number of rotatable bonds is 6. The standard InChI is InChI=1S/C11H18F2O4/c12-11(13,16-7-9-3-1-5-14-9)17-8-10-4-2-6-15-10/h9-10H,1-8H2. The van der Waals surface area contributed by atoms with Crippen LogP contribution in [-0.2, 0) is 18.9 Å². The Morgan fingerprint density at radius 2 is 1.41 bits per heavy atom. The summed E-state index contributed by atoms with van der Waals surface area (Å²) in [6, 6.07) is 0. The monoisotopic (exact) mass is 252 g/mol. The van der Waals surface area contributed by atoms with Gasteiger partial charge in [0.25, 0.3) is 0 Å². The minimum Gasteiger partial charge on any atom is -0.376 e. The van der Waals surface area contributed by atoms with Crippen LogP contribution in [0.25, 0.3) is 0 Å². The van der Waals surface area contributed by atoms with E-state index in [1.54, 1.807) is 0 Å². The normalized spacial score (nSPS) is 30.0. The lowest BCUT2D eigenvalue weighted by Gasteiger charge is -2.20. The molecule has 0 amide bonds. The zero-order chi connectivity index (χ0) is 12.1. The van der Waals surface area contributed by atoms with Crippen LogP contribution >= 0.6 is 0 Å². The van der Waals surface area contributed by atoms with Crippen molar-refractivity contribution in [3.8, 4) is 0 Å². The van der Waals surface area contributed by atoms with Gasteiger partial charge in [-0.1, -0.05) is 0 Å². The molecule has 0 aromatic carbocycles. The summed E-state index contributed by atoms with van der Waals surface area (Å²) in [5.74, 6) is 0. The van der Waals surface area contributed by atoms with Crippen molar-refractivity contribution < 1.29 is 27.7 Å². The fraction of sp³-hybridized carbons (Fsp3) is 1.00. The second-order valence-electron chi connectivity index (χ2n) is 4.36. The molecule has 0 spiro atoms. The molecule has 0 N–H and O–H groups in total. The minimum atomic E-state index is -3.54. The van der Waals surface area contributed by atoms with Crippen LogP contribution in [0, 0.1) is 0 Å². The maximum Gasteiger partial charge on any atom is 0.485 e. The highest BCUT2D eigenvalue weighted by molar-refractivity contribution is 4.65. The minimum absolute atomic E-state index is 0.126. The first-order valence-electron chi connectivity index (χ1n) is 6.05. The van der Waals surface area contributed by atoms with E-state index in [-0.39, 0.29) is 25.4 Å². The Kier molecular flexibility index (Phi) is 4.67. The molecular formula is C11H18F2O4. The van der Waals surface area contributed by atoms with E-state index < -0.39 is 6.29 Å². The summed E-state index contributed by atoms with van der Waals surface area (Å²) in [4.78, 5) is 0. The Bertz CT molecular complexity index is 204. The Labute approximate surface area is 99.2 Å². The van der Waals surface area contributed by atoms with Gasteiger partial charge in [-0.25, -0.2) is 0 Å². The maximum atomic E-state index is 13.2. The van der Waals surface area contributed by atoms with Crippen LogP contribution in [-0.4, -0.2) is 44.9 Å². The molecule has 0 aromatic heterocycles. The predicted octanol–water partition coefficient (Wildman–Crippen LogP) is 1.93. The lowest BCUT2D eigenvalue weighted by molar-refractivity contribution is -0.400. The van der Waals surface area contributed by atoms with Gasteiger partial charge in [0.2, 0.25) is 0 Å². The van der Waals surface area contributed by atoms with E-state index in [0.29, 0.717) is 13.2 Å². The van der Waals surface area contributed by atoms with Crippen LogP contribution in [0.5, 0.6) is 0 Å². The van der Waals surface area contributed by atoms with E-state index >= 15 is 0 Å². The first-order chi connectivity index (χ1) is 8.16. The first-order valence-corrected chi connectivity index (χ1v) is 6.05. The second kappa shape index (κ2) is 6.04. The van der Waals surface area contributed by atoms with Gasteiger partial charge in [-0.3, -0.25) is 9.47 Å². The van der Waals surface area contributed by atoms with Crippen molar-refractivity contribution in [3.63, 3.8) is 0 Å². The molecule has 6 heteroatoms. The lowest BCUT2D eigenvalue weighted by atomic mass is 10.2. The number of halogens is 2. The van der Waals surface area contributed by atoms with E-state index in [1.807, 2.05) is 0 Å². The molecule has 2 aliphatic heterocycles. The molecule has 0 radical (unpaired) electrons. The number of alkyl halides is 2. The van der Waals surface area contributed by atoms with Gasteiger partial charge < -0.3 is 9.47 Å². The molecule has 2 rings (SSSR count). The Hall–Kier alpha value is -0.300. The highest BCUT2D eigenvalue weighted by Gasteiger charge is 2.35. The molecule has 2 unspecified atom stereocenters. The molecule has 2 aliphatic rings. The molecule has 0 aromatic rings. The van der Waals surface area contributed by atoms with Gasteiger partial charge >= 0.3 is 6.29 Å². The molecule has 0 saturated carbocycles. The summed E-state index contributed by atoms with van der Waals surface area (Å²) in [5, 5.41) is 0. The average molecular weight is 252 g/mol. The molecule has 2 fully saturated rings. The largest absolute Gasteiger partial charge is 0.485 e. The van der Waals surface area contributed by atoms with Crippen molar-refractivity contribution in [2.24, 2.45) is 0 Å². The third kappa shape index (κ3) is 4.46. The summed E-state index contributed by atoms with van der Waals surface area (Å²) in [7, 11) is 0. The Morgan fingerprint density at radius 3 is 1.76 bits per heavy atom. The molecule has 2 atom stereocenters. The quantitative estimate of drug-likeness (QED) is 0.677. The van der Waals surface area contributed by atoms with Gasteiger partial charge in [-0.2, -0.15) is 0 Å². The summed E-state index contributed by atoms with van der Waals surface area (Å²) >= 11 is 0. The molecule has 100 valence electrons. The van der Waals surface area contributed by atoms with Gasteiger partial charge in [0.1, 0.15) is 0 Å². The molecule has 4 nitrogen and oxygen atoms in total. The van der Waals surface area contributed by atoms with E-state index in [0.717, 1.165) is 25.7 Å². The van der Waals surface area contributed by atoms with Crippen LogP contribution in [0.4, 0.5) is 8.78 Å². The summed E-state index contributed by atoms with van der Waals surface area (Å²) in [6.45, 7) is 0.990. The van der Waals surface area contributed by atoms with Crippen molar-refractivity contribution in [3.05, 3.63) is 0 Å². The third-order valence-corrected chi connectivity index (χ3v) is 2.92. The van der Waals surface area contributed by atoms with Gasteiger partial charge in [-0.05, 0) is 25.7 Å². The van der Waals surface area contributed by atoms with E-state index in [4.69, 9.17) is 9.47 Å². The smallest absolute Gasteiger partial charge is 0.376 e. The first kappa shape index (κ1) is 13.1. The van der Waals surface area contributed by atoms with Crippen molar-refractivity contribution in [2.45, 2.75) is 44.2 Å². The SMILES string of the molecule is FC(F)(OCC1CCCO1)OCC1CCCO1. The number of hydrogen-bond acceptors (Lipinski definition) is 4. The second-order valence-corrected chi connectivity index (χ2v) is 4.36. The molecule has 0 aliphatic carbocycles. The summed E-state index contributed by atoms with van der Waals surface area (Å²) in [6.07, 6.45) is -0.673. The van der Waals surface area contributed by atoms with Gasteiger partial charge in [0.15, 0.2) is 0 Å². The summed E-state index contributed by atoms with van der Waals surface area (Å²) < 4.78 is 45.6. The fourth-order valence-corrected chi connectivity index (χ4v) is 1.97. The molecule has 0 bridgehead atoms. The van der Waals surface area contributed by atoms with Crippen molar-refractivity contribution >= 4 is 0 Å². The summed E-state index contributed by atoms with van der Waals surface area (Å²) in [5.41, 5.74) is 0. The van der Waals surface area contributed by atoms with Gasteiger partial charge in [0, 0.05) is 13.2 Å². The zero-order valence-electron chi connectivity index (χ0n) is 9.70. The highest BCUT2D eigenvalue weighted by atomic mass is 19.3. The van der Waals surface area contributed by atoms with Crippen LogP contribution in [0.2, 0.25) is 0 Å². The maximum absolute atomic E-state index is 13.2. The number of ether oxygens (including phenoxy) is 4. The fourth-order valence-electron chi connectivity index (χ4n) is 1.97. The molecule has 2 heterocycles. The van der Waals surface area contributed by atoms with Crippen LogP contribution in [0.1, 0.15) is 25.7 Å². The van der Waals surface area contributed by atoms with E-state index in [2.05, 4.69) is 9.47 Å². The number of hydrogen-bond donors (Lipinski definition) is 0. The Morgan fingerprint density at radius 1 is 0.941 bits per heavy atom. The lowest BCUT2D eigenvalue weighted by Crippen LogP contribution is -2.32. The molecular weight excluding hydrogens is 234 g/mol.